The quantitative estimate of drug-likeness (QED) is 0.712. The predicted octanol–water partition coefficient (Wildman–Crippen LogP) is 2.84. The van der Waals surface area contributed by atoms with Crippen LogP contribution in [0.2, 0.25) is 0 Å². The smallest absolute Gasteiger partial charge is 0.0322 e. The van der Waals surface area contributed by atoms with Crippen molar-refractivity contribution in [2.24, 2.45) is 0 Å². The second-order valence-electron chi connectivity index (χ2n) is 3.24. The molecular weight excluding hydrogens is 178 g/mol. The Morgan fingerprint density at radius 3 is 2.92 bits per heavy atom. The fourth-order valence-electron chi connectivity index (χ4n) is 1.30. The maximum atomic E-state index is 4.00. The van der Waals surface area contributed by atoms with Crippen molar-refractivity contribution in [3.05, 3.63) is 34.5 Å². The van der Waals surface area contributed by atoms with Crippen molar-refractivity contribution in [2.45, 2.75) is 26.3 Å². The zero-order valence-electron chi connectivity index (χ0n) is 8.34. The summed E-state index contributed by atoms with van der Waals surface area (Å²) in [6.45, 7) is 9.21. The Morgan fingerprint density at radius 2 is 2.46 bits per heavy atom. The van der Waals surface area contributed by atoms with Crippen molar-refractivity contribution >= 4 is 11.3 Å². The molecule has 1 unspecified atom stereocenters. The van der Waals surface area contributed by atoms with Gasteiger partial charge in [0.15, 0.2) is 0 Å². The van der Waals surface area contributed by atoms with Gasteiger partial charge in [-0.1, -0.05) is 25.1 Å². The first-order valence-corrected chi connectivity index (χ1v) is 5.53. The van der Waals surface area contributed by atoms with Gasteiger partial charge in [0.25, 0.3) is 0 Å². The lowest BCUT2D eigenvalue weighted by Crippen LogP contribution is -2.31. The molecule has 72 valence electrons. The fraction of sp³-hybridized carbons (Fsp3) is 0.455. The molecule has 13 heavy (non-hydrogen) atoms. The zero-order chi connectivity index (χ0) is 9.68. The molecule has 1 aromatic rings. The van der Waals surface area contributed by atoms with Crippen LogP contribution < -0.4 is 5.32 Å². The molecular formula is C11H17NS. The summed E-state index contributed by atoms with van der Waals surface area (Å²) in [5.74, 6) is 0. The molecule has 1 aromatic heterocycles. The minimum Gasteiger partial charge on any atom is -0.310 e. The van der Waals surface area contributed by atoms with Gasteiger partial charge in [0, 0.05) is 17.3 Å². The van der Waals surface area contributed by atoms with E-state index in [-0.39, 0.29) is 0 Å². The van der Waals surface area contributed by atoms with Gasteiger partial charge in [-0.3, -0.25) is 0 Å². The first kappa shape index (κ1) is 10.5. The molecule has 0 amide bonds. The summed E-state index contributed by atoms with van der Waals surface area (Å²) in [5.41, 5.74) is 1.22. The Kier molecular flexibility index (Phi) is 4.19. The van der Waals surface area contributed by atoms with Crippen molar-refractivity contribution in [3.63, 3.8) is 0 Å². The van der Waals surface area contributed by atoms with E-state index >= 15 is 0 Å². The molecule has 0 aliphatic carbocycles. The molecule has 0 aliphatic rings. The van der Waals surface area contributed by atoms with Gasteiger partial charge in [0.2, 0.25) is 0 Å². The van der Waals surface area contributed by atoms with E-state index < -0.39 is 0 Å². The lowest BCUT2D eigenvalue weighted by Gasteiger charge is -2.16. The SMILES string of the molecule is C=C(C)C(Cc1cccs1)NCC. The van der Waals surface area contributed by atoms with Crippen molar-refractivity contribution in [3.8, 4) is 0 Å². The molecule has 1 heterocycles. The van der Waals surface area contributed by atoms with Crippen LogP contribution >= 0.6 is 11.3 Å². The van der Waals surface area contributed by atoms with E-state index in [0.717, 1.165) is 13.0 Å². The third kappa shape index (κ3) is 3.33. The summed E-state index contributed by atoms with van der Waals surface area (Å²) in [6, 6.07) is 4.71. The van der Waals surface area contributed by atoms with Gasteiger partial charge in [0.1, 0.15) is 0 Å². The average Bonchev–Trinajstić information content (AvgIpc) is 2.56. The minimum absolute atomic E-state index is 0.434. The molecule has 0 aromatic carbocycles. The summed E-state index contributed by atoms with van der Waals surface area (Å²) < 4.78 is 0. The van der Waals surface area contributed by atoms with E-state index in [0.29, 0.717) is 6.04 Å². The second kappa shape index (κ2) is 5.20. The van der Waals surface area contributed by atoms with Crippen LogP contribution in [0.15, 0.2) is 29.7 Å². The first-order valence-electron chi connectivity index (χ1n) is 4.65. The highest BCUT2D eigenvalue weighted by atomic mass is 32.1. The Bertz CT molecular complexity index is 251. The summed E-state index contributed by atoms with van der Waals surface area (Å²) in [6.07, 6.45) is 1.07. The van der Waals surface area contributed by atoms with E-state index in [1.807, 2.05) is 11.3 Å². The van der Waals surface area contributed by atoms with Crippen LogP contribution in [-0.2, 0) is 6.42 Å². The van der Waals surface area contributed by atoms with Crippen LogP contribution in [0.1, 0.15) is 18.7 Å². The largest absolute Gasteiger partial charge is 0.310 e. The number of rotatable bonds is 5. The van der Waals surface area contributed by atoms with Crippen molar-refractivity contribution < 1.29 is 0 Å². The predicted molar refractivity (Wildman–Crippen MR) is 60.3 cm³/mol. The lowest BCUT2D eigenvalue weighted by atomic mass is 10.1. The molecule has 0 radical (unpaired) electrons. The number of hydrogen-bond donors (Lipinski definition) is 1. The molecule has 0 bridgehead atoms. The number of nitrogens with one attached hydrogen (secondary N) is 1. The normalized spacial score (nSPS) is 12.8. The van der Waals surface area contributed by atoms with E-state index in [1.54, 1.807) is 0 Å². The Balaban J connectivity index is 2.52. The summed E-state index contributed by atoms with van der Waals surface area (Å²) in [4.78, 5) is 1.42. The summed E-state index contributed by atoms with van der Waals surface area (Å²) in [7, 11) is 0. The molecule has 1 atom stereocenters. The van der Waals surface area contributed by atoms with E-state index in [9.17, 15) is 0 Å². The maximum Gasteiger partial charge on any atom is 0.0322 e. The van der Waals surface area contributed by atoms with Gasteiger partial charge in [-0.2, -0.15) is 0 Å². The number of hydrogen-bond acceptors (Lipinski definition) is 2. The monoisotopic (exact) mass is 195 g/mol. The molecule has 1 rings (SSSR count). The van der Waals surface area contributed by atoms with Gasteiger partial charge < -0.3 is 5.32 Å². The van der Waals surface area contributed by atoms with Gasteiger partial charge in [0.05, 0.1) is 0 Å². The number of thiophene rings is 1. The molecule has 2 heteroatoms. The van der Waals surface area contributed by atoms with Crippen molar-refractivity contribution in [1.29, 1.82) is 0 Å². The molecule has 0 saturated carbocycles. The summed E-state index contributed by atoms with van der Waals surface area (Å²) in [5, 5.41) is 5.55. The Morgan fingerprint density at radius 1 is 1.69 bits per heavy atom. The fourth-order valence-corrected chi connectivity index (χ4v) is 2.05. The van der Waals surface area contributed by atoms with E-state index in [4.69, 9.17) is 0 Å². The lowest BCUT2D eigenvalue weighted by molar-refractivity contribution is 0.591. The highest BCUT2D eigenvalue weighted by molar-refractivity contribution is 7.09. The first-order chi connectivity index (χ1) is 6.24. The maximum absolute atomic E-state index is 4.00. The van der Waals surface area contributed by atoms with Crippen LogP contribution in [0.3, 0.4) is 0 Å². The van der Waals surface area contributed by atoms with E-state index in [1.165, 1.54) is 10.5 Å². The molecule has 0 aliphatic heterocycles. The van der Waals surface area contributed by atoms with Gasteiger partial charge in [-0.25, -0.2) is 0 Å². The van der Waals surface area contributed by atoms with Gasteiger partial charge in [-0.15, -0.1) is 11.3 Å². The van der Waals surface area contributed by atoms with Crippen molar-refractivity contribution in [2.75, 3.05) is 6.54 Å². The minimum atomic E-state index is 0.434. The van der Waals surface area contributed by atoms with Gasteiger partial charge >= 0.3 is 0 Å². The van der Waals surface area contributed by atoms with Crippen LogP contribution in [0.5, 0.6) is 0 Å². The van der Waals surface area contributed by atoms with Crippen molar-refractivity contribution in [1.82, 2.24) is 5.32 Å². The van der Waals surface area contributed by atoms with Crippen LogP contribution in [-0.4, -0.2) is 12.6 Å². The zero-order valence-corrected chi connectivity index (χ0v) is 9.16. The average molecular weight is 195 g/mol. The number of likely N-dealkylation sites (N-methyl/N-ethyl adjacent to an activating group) is 1. The van der Waals surface area contributed by atoms with Crippen LogP contribution in [0.4, 0.5) is 0 Å². The Hall–Kier alpha value is -0.600. The standard InChI is InChI=1S/C11H17NS/c1-4-12-11(9(2)3)8-10-6-5-7-13-10/h5-7,11-12H,2,4,8H2,1,3H3. The van der Waals surface area contributed by atoms with Crippen LogP contribution in [0.25, 0.3) is 0 Å². The third-order valence-electron chi connectivity index (χ3n) is 2.03. The highest BCUT2D eigenvalue weighted by Crippen LogP contribution is 2.13. The van der Waals surface area contributed by atoms with Gasteiger partial charge in [-0.05, 0) is 24.9 Å². The molecule has 1 N–H and O–H groups in total. The Labute approximate surface area is 84.5 Å². The molecule has 0 saturated heterocycles. The van der Waals surface area contributed by atoms with Crippen LogP contribution in [0, 0.1) is 0 Å². The third-order valence-corrected chi connectivity index (χ3v) is 2.93. The highest BCUT2D eigenvalue weighted by Gasteiger charge is 2.08. The summed E-state index contributed by atoms with van der Waals surface area (Å²) >= 11 is 1.81. The topological polar surface area (TPSA) is 12.0 Å². The molecule has 0 spiro atoms. The molecule has 0 fully saturated rings. The van der Waals surface area contributed by atoms with E-state index in [2.05, 4.69) is 43.3 Å². The second-order valence-corrected chi connectivity index (χ2v) is 4.27. The molecule has 1 nitrogen and oxygen atoms in total.